The van der Waals surface area contributed by atoms with Crippen molar-refractivity contribution < 1.29 is 13.9 Å². The number of benzene rings is 2. The van der Waals surface area contributed by atoms with Gasteiger partial charge in [0, 0.05) is 18.3 Å². The summed E-state index contributed by atoms with van der Waals surface area (Å²) < 4.78 is 23.8. The summed E-state index contributed by atoms with van der Waals surface area (Å²) >= 11 is 0. The number of rotatable bonds is 6. The molecule has 1 unspecified atom stereocenters. The Kier molecular flexibility index (Phi) is 5.00. The van der Waals surface area contributed by atoms with Crippen LogP contribution in [0.1, 0.15) is 11.6 Å². The third-order valence-electron chi connectivity index (χ3n) is 3.18. The average Bonchev–Trinajstić information content (AvgIpc) is 2.52. The van der Waals surface area contributed by atoms with E-state index in [4.69, 9.17) is 15.2 Å². The van der Waals surface area contributed by atoms with Crippen molar-refractivity contribution in [3.63, 3.8) is 0 Å². The van der Waals surface area contributed by atoms with Gasteiger partial charge in [0.2, 0.25) is 0 Å². The molecule has 0 saturated heterocycles. The fraction of sp³-hybridized carbons (Fsp3) is 0.250. The molecule has 0 amide bonds. The highest BCUT2D eigenvalue weighted by molar-refractivity contribution is 5.48. The molecule has 3 N–H and O–H groups in total. The first-order valence-corrected chi connectivity index (χ1v) is 6.61. The minimum absolute atomic E-state index is 0.171. The molecular formula is C16H19FN2O2. The molecule has 2 rings (SSSR count). The zero-order valence-electron chi connectivity index (χ0n) is 12.1. The Bertz CT molecular complexity index is 582. The Morgan fingerprint density at radius 1 is 1.10 bits per heavy atom. The van der Waals surface area contributed by atoms with Crippen molar-refractivity contribution in [2.45, 2.75) is 6.04 Å². The summed E-state index contributed by atoms with van der Waals surface area (Å²) in [5, 5.41) is 3.21. The van der Waals surface area contributed by atoms with Crippen molar-refractivity contribution in [2.24, 2.45) is 5.73 Å². The normalized spacial score (nSPS) is 11.8. The third-order valence-corrected chi connectivity index (χ3v) is 3.18. The molecule has 21 heavy (non-hydrogen) atoms. The van der Waals surface area contributed by atoms with Crippen molar-refractivity contribution in [3.8, 4) is 11.5 Å². The summed E-state index contributed by atoms with van der Waals surface area (Å²) in [6.07, 6.45) is 0. The summed E-state index contributed by atoms with van der Waals surface area (Å²) in [7, 11) is 3.19. The van der Waals surface area contributed by atoms with Gasteiger partial charge in [0.25, 0.3) is 0 Å². The van der Waals surface area contributed by atoms with Gasteiger partial charge in [-0.15, -0.1) is 0 Å². The van der Waals surface area contributed by atoms with Gasteiger partial charge in [0.1, 0.15) is 17.3 Å². The third kappa shape index (κ3) is 3.86. The molecule has 0 fully saturated rings. The van der Waals surface area contributed by atoms with Crippen LogP contribution in [-0.4, -0.2) is 20.8 Å². The van der Waals surface area contributed by atoms with Crippen LogP contribution in [0.25, 0.3) is 0 Å². The molecule has 1 atom stereocenters. The van der Waals surface area contributed by atoms with Crippen LogP contribution in [0.4, 0.5) is 10.1 Å². The fourth-order valence-corrected chi connectivity index (χ4v) is 2.09. The van der Waals surface area contributed by atoms with Crippen LogP contribution < -0.4 is 20.5 Å². The van der Waals surface area contributed by atoms with E-state index in [9.17, 15) is 4.39 Å². The van der Waals surface area contributed by atoms with E-state index in [-0.39, 0.29) is 11.9 Å². The summed E-state index contributed by atoms with van der Waals surface area (Å²) in [5.74, 6) is 1.08. The minimum Gasteiger partial charge on any atom is -0.497 e. The van der Waals surface area contributed by atoms with Crippen LogP contribution in [0.3, 0.4) is 0 Å². The van der Waals surface area contributed by atoms with Gasteiger partial charge in [-0.05, 0) is 35.9 Å². The molecule has 0 aliphatic heterocycles. The predicted molar refractivity (Wildman–Crippen MR) is 81.4 cm³/mol. The monoisotopic (exact) mass is 290 g/mol. The van der Waals surface area contributed by atoms with Gasteiger partial charge in [0.05, 0.1) is 20.3 Å². The number of hydrogen-bond donors (Lipinski definition) is 2. The maximum atomic E-state index is 13.3. The second-order valence-corrected chi connectivity index (χ2v) is 4.59. The Hall–Kier alpha value is -2.27. The van der Waals surface area contributed by atoms with Crippen LogP contribution in [0, 0.1) is 5.82 Å². The molecule has 112 valence electrons. The van der Waals surface area contributed by atoms with Gasteiger partial charge in [-0.25, -0.2) is 4.39 Å². The highest BCUT2D eigenvalue weighted by Crippen LogP contribution is 2.28. The molecule has 4 nitrogen and oxygen atoms in total. The second kappa shape index (κ2) is 6.95. The van der Waals surface area contributed by atoms with Crippen LogP contribution in [0.5, 0.6) is 11.5 Å². The van der Waals surface area contributed by atoms with E-state index in [0.29, 0.717) is 23.7 Å². The Balaban J connectivity index is 2.28. The maximum Gasteiger partial charge on any atom is 0.125 e. The van der Waals surface area contributed by atoms with Gasteiger partial charge in [-0.2, -0.15) is 0 Å². The summed E-state index contributed by atoms with van der Waals surface area (Å²) in [5.41, 5.74) is 7.42. The molecule has 0 aromatic heterocycles. The van der Waals surface area contributed by atoms with Crippen LogP contribution in [0.15, 0.2) is 42.5 Å². The summed E-state index contributed by atoms with van der Waals surface area (Å²) in [6.45, 7) is 0.354. The van der Waals surface area contributed by atoms with E-state index in [2.05, 4.69) is 5.32 Å². The molecular weight excluding hydrogens is 271 g/mol. The number of nitrogens with two attached hydrogens (primary N) is 1. The predicted octanol–water partition coefficient (Wildman–Crippen LogP) is 2.95. The topological polar surface area (TPSA) is 56.5 Å². The van der Waals surface area contributed by atoms with Gasteiger partial charge < -0.3 is 20.5 Å². The van der Waals surface area contributed by atoms with Gasteiger partial charge in [-0.1, -0.05) is 6.07 Å². The smallest absolute Gasteiger partial charge is 0.125 e. The largest absolute Gasteiger partial charge is 0.497 e. The highest BCUT2D eigenvalue weighted by atomic mass is 19.1. The lowest BCUT2D eigenvalue weighted by molar-refractivity contribution is 0.393. The molecule has 0 spiro atoms. The first-order valence-electron chi connectivity index (χ1n) is 6.61. The van der Waals surface area contributed by atoms with Crippen molar-refractivity contribution in [1.82, 2.24) is 0 Å². The first kappa shape index (κ1) is 15.1. The molecule has 0 saturated carbocycles. The summed E-state index contributed by atoms with van der Waals surface area (Å²) in [4.78, 5) is 0. The lowest BCUT2D eigenvalue weighted by Crippen LogP contribution is -2.20. The zero-order valence-corrected chi connectivity index (χ0v) is 12.1. The average molecular weight is 290 g/mol. The number of methoxy groups -OCH3 is 2. The van der Waals surface area contributed by atoms with Crippen molar-refractivity contribution in [3.05, 3.63) is 53.8 Å². The molecule has 2 aromatic carbocycles. The lowest BCUT2D eigenvalue weighted by atomic mass is 10.1. The Morgan fingerprint density at radius 3 is 2.29 bits per heavy atom. The second-order valence-electron chi connectivity index (χ2n) is 4.59. The quantitative estimate of drug-likeness (QED) is 0.859. The van der Waals surface area contributed by atoms with Crippen LogP contribution in [0.2, 0.25) is 0 Å². The molecule has 0 heterocycles. The van der Waals surface area contributed by atoms with Gasteiger partial charge in [0.15, 0.2) is 0 Å². The van der Waals surface area contributed by atoms with E-state index in [1.165, 1.54) is 12.1 Å². The van der Waals surface area contributed by atoms with Crippen LogP contribution in [-0.2, 0) is 0 Å². The number of anilines is 1. The molecule has 2 aromatic rings. The fourth-order valence-electron chi connectivity index (χ4n) is 2.09. The van der Waals surface area contributed by atoms with Crippen molar-refractivity contribution >= 4 is 5.69 Å². The van der Waals surface area contributed by atoms with Crippen molar-refractivity contribution in [2.75, 3.05) is 26.1 Å². The van der Waals surface area contributed by atoms with E-state index < -0.39 is 0 Å². The number of ether oxygens (including phenoxy) is 2. The molecule has 0 radical (unpaired) electrons. The van der Waals surface area contributed by atoms with Crippen LogP contribution >= 0.6 is 0 Å². The lowest BCUT2D eigenvalue weighted by Gasteiger charge is -2.20. The highest BCUT2D eigenvalue weighted by Gasteiger charge is 2.13. The van der Waals surface area contributed by atoms with E-state index in [0.717, 1.165) is 5.56 Å². The number of hydrogen-bond acceptors (Lipinski definition) is 4. The SMILES string of the molecule is COc1cc(OC)cc(C(CN)Nc2cccc(F)c2)c1. The minimum atomic E-state index is -0.293. The van der Waals surface area contributed by atoms with Gasteiger partial charge >= 0.3 is 0 Å². The van der Waals surface area contributed by atoms with E-state index in [1.807, 2.05) is 12.1 Å². The first-order chi connectivity index (χ1) is 10.2. The summed E-state index contributed by atoms with van der Waals surface area (Å²) in [6, 6.07) is 11.7. The number of nitrogens with one attached hydrogen (secondary N) is 1. The van der Waals surface area contributed by atoms with Crippen molar-refractivity contribution in [1.29, 1.82) is 0 Å². The van der Waals surface area contributed by atoms with E-state index >= 15 is 0 Å². The molecule has 0 bridgehead atoms. The molecule has 5 heteroatoms. The van der Waals surface area contributed by atoms with E-state index in [1.54, 1.807) is 32.4 Å². The number of halogens is 1. The molecule has 0 aliphatic carbocycles. The Morgan fingerprint density at radius 2 is 1.76 bits per heavy atom. The Labute approximate surface area is 123 Å². The maximum absolute atomic E-state index is 13.3. The standard InChI is InChI=1S/C16H19FN2O2/c1-20-14-6-11(7-15(9-14)21-2)16(10-18)19-13-5-3-4-12(17)8-13/h3-9,16,19H,10,18H2,1-2H3. The van der Waals surface area contributed by atoms with Gasteiger partial charge in [-0.3, -0.25) is 0 Å². The molecule has 0 aliphatic rings. The zero-order chi connectivity index (χ0) is 15.2.